The fraction of sp³-hybridized carbons (Fsp3) is 0.400. The molecule has 0 bridgehead atoms. The van der Waals surface area contributed by atoms with E-state index in [9.17, 15) is 4.79 Å². The summed E-state index contributed by atoms with van der Waals surface area (Å²) in [4.78, 5) is 16.1. The van der Waals surface area contributed by atoms with Gasteiger partial charge >= 0.3 is 0 Å². The molecule has 0 spiro atoms. The standard InChI is InChI=1S/C25H29N5O3/c1-16(18-6-5-7-20(12-18)29-17(2)31)28-25-21-9-11-33-24(21)22(14-26-25)19-13-27-30(15-19)23-8-3-4-10-32-23/h5-7,12-16,23H,3-4,8-11H2,1-2H3,(H,26,28)(H,29,31). The highest BCUT2D eigenvalue weighted by molar-refractivity contribution is 5.88. The fourth-order valence-corrected chi connectivity index (χ4v) is 4.46. The van der Waals surface area contributed by atoms with Crippen LogP contribution in [0, 0.1) is 0 Å². The summed E-state index contributed by atoms with van der Waals surface area (Å²) >= 11 is 0. The molecule has 0 saturated carbocycles. The molecule has 1 saturated heterocycles. The van der Waals surface area contributed by atoms with Crippen LogP contribution >= 0.6 is 0 Å². The van der Waals surface area contributed by atoms with Gasteiger partial charge in [-0.1, -0.05) is 12.1 Å². The van der Waals surface area contributed by atoms with Crippen LogP contribution < -0.4 is 15.4 Å². The van der Waals surface area contributed by atoms with Gasteiger partial charge in [-0.3, -0.25) is 4.79 Å². The number of hydrogen-bond donors (Lipinski definition) is 2. The fourth-order valence-electron chi connectivity index (χ4n) is 4.46. The molecule has 0 aliphatic carbocycles. The summed E-state index contributed by atoms with van der Waals surface area (Å²) in [5.74, 6) is 1.61. The van der Waals surface area contributed by atoms with E-state index in [2.05, 4.69) is 22.7 Å². The maximum absolute atomic E-state index is 11.4. The normalized spacial score (nSPS) is 18.3. The third-order valence-corrected chi connectivity index (χ3v) is 6.15. The highest BCUT2D eigenvalue weighted by Crippen LogP contribution is 2.40. The van der Waals surface area contributed by atoms with Crippen LogP contribution in [0.2, 0.25) is 0 Å². The minimum Gasteiger partial charge on any atom is -0.492 e. The van der Waals surface area contributed by atoms with Crippen LogP contribution in [0.15, 0.2) is 42.9 Å². The molecule has 2 N–H and O–H groups in total. The SMILES string of the molecule is CC(=O)Nc1cccc(C(C)Nc2ncc(-c3cnn(C4CCCCO4)c3)c3c2CCO3)c1. The Hall–Kier alpha value is -3.39. The maximum atomic E-state index is 11.4. The quantitative estimate of drug-likeness (QED) is 0.569. The first-order valence-corrected chi connectivity index (χ1v) is 11.5. The van der Waals surface area contributed by atoms with Crippen LogP contribution in [-0.4, -0.2) is 33.9 Å². The van der Waals surface area contributed by atoms with E-state index < -0.39 is 0 Å². The number of pyridine rings is 1. The van der Waals surface area contributed by atoms with Gasteiger partial charge < -0.3 is 20.1 Å². The van der Waals surface area contributed by atoms with Crippen molar-refractivity contribution in [2.45, 2.75) is 51.8 Å². The first-order valence-electron chi connectivity index (χ1n) is 11.5. The molecule has 8 nitrogen and oxygen atoms in total. The number of carbonyl (C=O) groups excluding carboxylic acids is 1. The molecule has 2 unspecified atom stereocenters. The van der Waals surface area contributed by atoms with Crippen LogP contribution in [0.1, 0.15) is 56.5 Å². The number of nitrogens with one attached hydrogen (secondary N) is 2. The van der Waals surface area contributed by atoms with Gasteiger partial charge in [0.1, 0.15) is 17.8 Å². The van der Waals surface area contributed by atoms with Crippen molar-refractivity contribution in [3.63, 3.8) is 0 Å². The Bertz CT molecular complexity index is 1150. The molecule has 33 heavy (non-hydrogen) atoms. The number of benzene rings is 1. The highest BCUT2D eigenvalue weighted by Gasteiger charge is 2.25. The Labute approximate surface area is 193 Å². The Balaban J connectivity index is 1.37. The number of anilines is 2. The lowest BCUT2D eigenvalue weighted by Crippen LogP contribution is -2.18. The van der Waals surface area contributed by atoms with Gasteiger partial charge in [-0.25, -0.2) is 9.67 Å². The average molecular weight is 448 g/mol. The number of nitrogens with zero attached hydrogens (tertiary/aromatic N) is 3. The van der Waals surface area contributed by atoms with Crippen molar-refractivity contribution in [2.24, 2.45) is 0 Å². The molecule has 4 heterocycles. The lowest BCUT2D eigenvalue weighted by Gasteiger charge is -2.22. The topological polar surface area (TPSA) is 90.3 Å². The molecule has 1 fully saturated rings. The van der Waals surface area contributed by atoms with E-state index in [1.54, 1.807) is 0 Å². The number of carbonyl (C=O) groups is 1. The van der Waals surface area contributed by atoms with E-state index in [4.69, 9.17) is 14.5 Å². The summed E-state index contributed by atoms with van der Waals surface area (Å²) < 4.78 is 13.8. The predicted molar refractivity (Wildman–Crippen MR) is 126 cm³/mol. The molecular weight excluding hydrogens is 418 g/mol. The zero-order valence-electron chi connectivity index (χ0n) is 19.0. The van der Waals surface area contributed by atoms with Gasteiger partial charge in [0.25, 0.3) is 0 Å². The summed E-state index contributed by atoms with van der Waals surface area (Å²) in [6.07, 6.45) is 9.81. The van der Waals surface area contributed by atoms with Gasteiger partial charge in [0.05, 0.1) is 18.8 Å². The monoisotopic (exact) mass is 447 g/mol. The lowest BCUT2D eigenvalue weighted by molar-refractivity contribution is -0.114. The summed E-state index contributed by atoms with van der Waals surface area (Å²) in [7, 11) is 0. The van der Waals surface area contributed by atoms with Crippen LogP contribution in [0.4, 0.5) is 11.5 Å². The van der Waals surface area contributed by atoms with Gasteiger partial charge in [0, 0.05) is 54.7 Å². The number of fused-ring (bicyclic) bond motifs is 1. The minimum atomic E-state index is -0.0849. The molecule has 2 atom stereocenters. The van der Waals surface area contributed by atoms with Crippen molar-refractivity contribution in [1.29, 1.82) is 0 Å². The first-order chi connectivity index (χ1) is 16.1. The molecule has 8 heteroatoms. The number of rotatable bonds is 6. The van der Waals surface area contributed by atoms with Gasteiger partial charge in [-0.15, -0.1) is 0 Å². The molecule has 0 radical (unpaired) electrons. The number of amides is 1. The van der Waals surface area contributed by atoms with Crippen molar-refractivity contribution in [2.75, 3.05) is 23.8 Å². The van der Waals surface area contributed by atoms with E-state index in [1.807, 2.05) is 47.5 Å². The Morgan fingerprint density at radius 2 is 2.15 bits per heavy atom. The zero-order chi connectivity index (χ0) is 22.8. The Morgan fingerprint density at radius 1 is 1.24 bits per heavy atom. The van der Waals surface area contributed by atoms with Crippen LogP contribution in [-0.2, 0) is 16.0 Å². The van der Waals surface area contributed by atoms with Crippen molar-refractivity contribution >= 4 is 17.4 Å². The smallest absolute Gasteiger partial charge is 0.221 e. The lowest BCUT2D eigenvalue weighted by atomic mass is 10.0. The summed E-state index contributed by atoms with van der Waals surface area (Å²) in [5.41, 5.74) is 4.87. The molecule has 5 rings (SSSR count). The predicted octanol–water partition coefficient (Wildman–Crippen LogP) is 4.71. The van der Waals surface area contributed by atoms with Crippen molar-refractivity contribution < 1.29 is 14.3 Å². The summed E-state index contributed by atoms with van der Waals surface area (Å²) in [6, 6.07) is 7.85. The highest BCUT2D eigenvalue weighted by atomic mass is 16.5. The number of ether oxygens (including phenoxy) is 2. The number of hydrogen-bond acceptors (Lipinski definition) is 6. The second kappa shape index (κ2) is 9.23. The summed E-state index contributed by atoms with van der Waals surface area (Å²) in [6.45, 7) is 5.01. The second-order valence-corrected chi connectivity index (χ2v) is 8.63. The van der Waals surface area contributed by atoms with E-state index in [0.29, 0.717) is 6.61 Å². The zero-order valence-corrected chi connectivity index (χ0v) is 19.0. The van der Waals surface area contributed by atoms with E-state index in [1.165, 1.54) is 6.92 Å². The molecule has 2 aromatic heterocycles. The number of aromatic nitrogens is 3. The van der Waals surface area contributed by atoms with Crippen molar-refractivity contribution in [3.8, 4) is 16.9 Å². The second-order valence-electron chi connectivity index (χ2n) is 8.63. The van der Waals surface area contributed by atoms with Gasteiger partial charge in [0.15, 0.2) is 0 Å². The molecular formula is C25H29N5O3. The summed E-state index contributed by atoms with van der Waals surface area (Å²) in [5, 5.41) is 10.9. The van der Waals surface area contributed by atoms with Crippen LogP contribution in [0.3, 0.4) is 0 Å². The Morgan fingerprint density at radius 3 is 2.97 bits per heavy atom. The largest absolute Gasteiger partial charge is 0.492 e. The molecule has 172 valence electrons. The molecule has 2 aliphatic heterocycles. The third kappa shape index (κ3) is 4.57. The molecule has 1 amide bonds. The molecule has 3 aromatic rings. The van der Waals surface area contributed by atoms with E-state index in [-0.39, 0.29) is 18.2 Å². The molecule has 2 aliphatic rings. The average Bonchev–Trinajstić information content (AvgIpc) is 3.50. The van der Waals surface area contributed by atoms with Gasteiger partial charge in [-0.2, -0.15) is 5.10 Å². The van der Waals surface area contributed by atoms with E-state index >= 15 is 0 Å². The van der Waals surface area contributed by atoms with Gasteiger partial charge in [0.2, 0.25) is 5.91 Å². The van der Waals surface area contributed by atoms with Crippen molar-refractivity contribution in [3.05, 3.63) is 54.0 Å². The minimum absolute atomic E-state index is 0.00414. The maximum Gasteiger partial charge on any atom is 0.221 e. The van der Waals surface area contributed by atoms with Crippen LogP contribution in [0.25, 0.3) is 11.1 Å². The van der Waals surface area contributed by atoms with E-state index in [0.717, 1.165) is 71.8 Å². The van der Waals surface area contributed by atoms with Crippen molar-refractivity contribution in [1.82, 2.24) is 14.8 Å². The molecule has 1 aromatic carbocycles. The first kappa shape index (κ1) is 21.5. The third-order valence-electron chi connectivity index (χ3n) is 6.15. The van der Waals surface area contributed by atoms with Gasteiger partial charge in [-0.05, 0) is 43.9 Å². The Kier molecular flexibility index (Phi) is 6.00. The van der Waals surface area contributed by atoms with Crippen LogP contribution in [0.5, 0.6) is 5.75 Å².